The van der Waals surface area contributed by atoms with Crippen LogP contribution >= 0.6 is 0 Å². The van der Waals surface area contributed by atoms with Crippen molar-refractivity contribution >= 4 is 28.5 Å². The summed E-state index contributed by atoms with van der Waals surface area (Å²) in [4.78, 5) is 40.1. The van der Waals surface area contributed by atoms with Gasteiger partial charge in [-0.25, -0.2) is 4.79 Å². The van der Waals surface area contributed by atoms with Crippen LogP contribution in [0.25, 0.3) is 10.9 Å². The van der Waals surface area contributed by atoms with Crippen molar-refractivity contribution in [3.63, 3.8) is 0 Å². The van der Waals surface area contributed by atoms with Crippen LogP contribution in [0.2, 0.25) is 0 Å². The Morgan fingerprint density at radius 1 is 1.07 bits per heavy atom. The molecule has 0 bridgehead atoms. The minimum atomic E-state index is -0.677. The van der Waals surface area contributed by atoms with E-state index in [4.69, 9.17) is 4.74 Å². The maximum absolute atomic E-state index is 12.7. The average molecular weight is 392 g/mol. The maximum atomic E-state index is 12.7. The molecule has 6 nitrogen and oxygen atoms in total. The molecule has 0 aliphatic heterocycles. The van der Waals surface area contributed by atoms with Gasteiger partial charge in [0.05, 0.1) is 6.61 Å². The van der Waals surface area contributed by atoms with Crippen LogP contribution in [0, 0.1) is 0 Å². The van der Waals surface area contributed by atoms with Crippen LogP contribution in [0.15, 0.2) is 53.5 Å². The molecular weight excluding hydrogens is 368 g/mol. The van der Waals surface area contributed by atoms with Gasteiger partial charge in [0.15, 0.2) is 0 Å². The number of hydrogen-bond acceptors (Lipinski definition) is 4. The lowest BCUT2D eigenvalue weighted by Crippen LogP contribution is -2.18. The molecule has 2 aromatic carbocycles. The average Bonchev–Trinajstić information content (AvgIpc) is 2.68. The number of fused-ring (bicyclic) bond motifs is 1. The van der Waals surface area contributed by atoms with E-state index in [0.29, 0.717) is 22.2 Å². The van der Waals surface area contributed by atoms with Gasteiger partial charge in [-0.3, -0.25) is 9.59 Å². The van der Waals surface area contributed by atoms with Crippen molar-refractivity contribution in [2.45, 2.75) is 33.1 Å². The highest BCUT2D eigenvalue weighted by Gasteiger charge is 2.16. The van der Waals surface area contributed by atoms with Crippen molar-refractivity contribution in [1.82, 2.24) is 4.98 Å². The molecule has 0 saturated heterocycles. The topological polar surface area (TPSA) is 88.3 Å². The number of esters is 1. The third-order valence-corrected chi connectivity index (χ3v) is 4.65. The molecule has 0 unspecified atom stereocenters. The predicted octanol–water partition coefficient (Wildman–Crippen LogP) is 4.25. The van der Waals surface area contributed by atoms with Crippen molar-refractivity contribution in [2.24, 2.45) is 0 Å². The number of aromatic nitrogens is 1. The van der Waals surface area contributed by atoms with E-state index in [9.17, 15) is 14.4 Å². The first-order chi connectivity index (χ1) is 13.7. The highest BCUT2D eigenvalue weighted by molar-refractivity contribution is 6.05. The Balaban J connectivity index is 1.88. The molecule has 6 heteroatoms. The van der Waals surface area contributed by atoms with Gasteiger partial charge >= 0.3 is 5.97 Å². The van der Waals surface area contributed by atoms with Crippen LogP contribution in [0.5, 0.6) is 0 Å². The lowest BCUT2D eigenvalue weighted by Gasteiger charge is -2.19. The Kier molecular flexibility index (Phi) is 5.55. The third kappa shape index (κ3) is 4.37. The van der Waals surface area contributed by atoms with E-state index >= 15 is 0 Å². The number of carbonyl (C=O) groups is 2. The van der Waals surface area contributed by atoms with Crippen molar-refractivity contribution in [2.75, 3.05) is 11.9 Å². The molecular formula is C23H24N2O4. The Morgan fingerprint density at radius 2 is 1.76 bits per heavy atom. The molecule has 1 heterocycles. The number of carbonyl (C=O) groups excluding carboxylic acids is 2. The molecule has 0 aliphatic rings. The molecule has 0 aliphatic carbocycles. The Morgan fingerprint density at radius 3 is 2.38 bits per heavy atom. The Labute approximate surface area is 168 Å². The molecule has 2 N–H and O–H groups in total. The van der Waals surface area contributed by atoms with Crippen LogP contribution in [-0.2, 0) is 10.2 Å². The predicted molar refractivity (Wildman–Crippen MR) is 114 cm³/mol. The molecule has 0 saturated carbocycles. The van der Waals surface area contributed by atoms with E-state index in [2.05, 4.69) is 31.1 Å². The Bertz CT molecular complexity index is 1120. The molecule has 0 fully saturated rings. The first-order valence-corrected chi connectivity index (χ1v) is 9.45. The fraction of sp³-hybridized carbons (Fsp3) is 0.261. The zero-order valence-electron chi connectivity index (χ0n) is 17.0. The summed E-state index contributed by atoms with van der Waals surface area (Å²) in [5, 5.41) is 3.10. The van der Waals surface area contributed by atoms with Gasteiger partial charge in [-0.15, -0.1) is 0 Å². The molecule has 150 valence electrons. The molecule has 3 rings (SSSR count). The van der Waals surface area contributed by atoms with Gasteiger partial charge in [-0.1, -0.05) is 32.9 Å². The second kappa shape index (κ2) is 7.91. The summed E-state index contributed by atoms with van der Waals surface area (Å²) in [5.41, 5.74) is 2.18. The highest BCUT2D eigenvalue weighted by Crippen LogP contribution is 2.23. The SMILES string of the molecule is CCOC(=O)c1c[nH]c2ccc(NC(=O)c3ccc(C(C)(C)C)cc3)cc2c1=O. The fourth-order valence-electron chi connectivity index (χ4n) is 2.98. The van der Waals surface area contributed by atoms with Crippen LogP contribution < -0.4 is 10.7 Å². The van der Waals surface area contributed by atoms with Crippen LogP contribution in [0.4, 0.5) is 5.69 Å². The highest BCUT2D eigenvalue weighted by atomic mass is 16.5. The summed E-state index contributed by atoms with van der Waals surface area (Å²) < 4.78 is 4.92. The quantitative estimate of drug-likeness (QED) is 0.650. The molecule has 1 amide bonds. The van der Waals surface area contributed by atoms with Crippen LogP contribution in [0.3, 0.4) is 0 Å². The van der Waals surface area contributed by atoms with Crippen LogP contribution in [-0.4, -0.2) is 23.5 Å². The Hall–Kier alpha value is -3.41. The van der Waals surface area contributed by atoms with Crippen molar-refractivity contribution in [1.29, 1.82) is 0 Å². The number of anilines is 1. The van der Waals surface area contributed by atoms with E-state index in [1.54, 1.807) is 37.3 Å². The fourth-order valence-corrected chi connectivity index (χ4v) is 2.98. The van der Waals surface area contributed by atoms with E-state index in [-0.39, 0.29) is 23.5 Å². The number of ether oxygens (including phenoxy) is 1. The number of hydrogen-bond donors (Lipinski definition) is 2. The summed E-state index contributed by atoms with van der Waals surface area (Å²) in [5.74, 6) is -0.952. The van der Waals surface area contributed by atoms with E-state index in [1.807, 2.05) is 12.1 Å². The number of amides is 1. The molecule has 1 aromatic heterocycles. The number of rotatable bonds is 4. The van der Waals surface area contributed by atoms with E-state index in [1.165, 1.54) is 6.20 Å². The number of pyridine rings is 1. The van der Waals surface area contributed by atoms with E-state index < -0.39 is 11.4 Å². The molecule has 0 spiro atoms. The largest absolute Gasteiger partial charge is 0.462 e. The number of benzene rings is 2. The first kappa shape index (κ1) is 20.3. The first-order valence-electron chi connectivity index (χ1n) is 9.45. The van der Waals surface area contributed by atoms with Crippen molar-refractivity contribution < 1.29 is 14.3 Å². The minimum absolute atomic E-state index is 0.00497. The summed E-state index contributed by atoms with van der Waals surface area (Å²) in [6.45, 7) is 8.19. The summed E-state index contributed by atoms with van der Waals surface area (Å²) in [6.07, 6.45) is 1.34. The molecule has 0 radical (unpaired) electrons. The van der Waals surface area contributed by atoms with Gasteiger partial charge in [0.1, 0.15) is 5.56 Å². The second-order valence-electron chi connectivity index (χ2n) is 7.79. The number of aromatic amines is 1. The standard InChI is InChI=1S/C23H24N2O4/c1-5-29-22(28)18-13-24-19-11-10-16(12-17(19)20(18)26)25-21(27)14-6-8-15(9-7-14)23(2,3)4/h6-13H,5H2,1-4H3,(H,24,26)(H,25,27). The lowest BCUT2D eigenvalue weighted by atomic mass is 9.87. The monoisotopic (exact) mass is 392 g/mol. The van der Waals surface area contributed by atoms with Gasteiger partial charge in [-0.05, 0) is 48.2 Å². The van der Waals surface area contributed by atoms with Gasteiger partial charge in [-0.2, -0.15) is 0 Å². The normalized spacial score (nSPS) is 11.3. The smallest absolute Gasteiger partial charge is 0.343 e. The molecule has 3 aromatic rings. The van der Waals surface area contributed by atoms with Crippen molar-refractivity contribution in [3.05, 3.63) is 75.6 Å². The molecule has 0 atom stereocenters. The van der Waals surface area contributed by atoms with Gasteiger partial charge in [0.25, 0.3) is 5.91 Å². The zero-order valence-corrected chi connectivity index (χ0v) is 17.0. The van der Waals surface area contributed by atoms with Crippen LogP contribution in [0.1, 0.15) is 54.0 Å². The minimum Gasteiger partial charge on any atom is -0.462 e. The summed E-state index contributed by atoms with van der Waals surface area (Å²) in [6, 6.07) is 12.4. The summed E-state index contributed by atoms with van der Waals surface area (Å²) >= 11 is 0. The number of H-pyrrole nitrogens is 1. The maximum Gasteiger partial charge on any atom is 0.343 e. The summed E-state index contributed by atoms with van der Waals surface area (Å²) in [7, 11) is 0. The second-order valence-corrected chi connectivity index (χ2v) is 7.79. The zero-order chi connectivity index (χ0) is 21.2. The lowest BCUT2D eigenvalue weighted by molar-refractivity contribution is 0.0524. The van der Waals surface area contributed by atoms with Gasteiger partial charge in [0.2, 0.25) is 5.43 Å². The van der Waals surface area contributed by atoms with Crippen molar-refractivity contribution in [3.8, 4) is 0 Å². The van der Waals surface area contributed by atoms with Gasteiger partial charge in [0, 0.05) is 28.4 Å². The van der Waals surface area contributed by atoms with E-state index in [0.717, 1.165) is 5.56 Å². The molecule has 29 heavy (non-hydrogen) atoms. The number of nitrogens with one attached hydrogen (secondary N) is 2. The van der Waals surface area contributed by atoms with Gasteiger partial charge < -0.3 is 15.0 Å². The third-order valence-electron chi connectivity index (χ3n) is 4.65.